The lowest BCUT2D eigenvalue weighted by atomic mass is 9.98. The summed E-state index contributed by atoms with van der Waals surface area (Å²) in [7, 11) is 0. The van der Waals surface area contributed by atoms with Gasteiger partial charge in [-0.1, -0.05) is 51.0 Å². The van der Waals surface area contributed by atoms with Crippen LogP contribution in [0.15, 0.2) is 24.3 Å². The Morgan fingerprint density at radius 2 is 1.70 bits per heavy atom. The molecule has 20 heavy (non-hydrogen) atoms. The molecule has 1 aliphatic rings. The molecule has 112 valence electrons. The maximum Gasteiger partial charge on any atom is 0.0940 e. The molecule has 1 saturated carbocycles. The van der Waals surface area contributed by atoms with Crippen molar-refractivity contribution < 1.29 is 5.11 Å². The maximum absolute atomic E-state index is 10.5. The number of aliphatic hydroxyl groups is 1. The first-order valence-electron chi connectivity index (χ1n) is 8.09. The van der Waals surface area contributed by atoms with Crippen LogP contribution in [0.1, 0.15) is 63.7 Å². The van der Waals surface area contributed by atoms with E-state index in [0.29, 0.717) is 12.0 Å². The summed E-state index contributed by atoms with van der Waals surface area (Å²) in [6.45, 7) is 6.55. The molecular weight excluding hydrogens is 246 g/mol. The van der Waals surface area contributed by atoms with Crippen molar-refractivity contribution >= 4 is 0 Å². The predicted molar refractivity (Wildman–Crippen MR) is 84.8 cm³/mol. The van der Waals surface area contributed by atoms with E-state index in [0.717, 1.165) is 12.0 Å². The summed E-state index contributed by atoms with van der Waals surface area (Å²) in [4.78, 5) is 0. The molecule has 2 N–H and O–H groups in total. The van der Waals surface area contributed by atoms with Crippen LogP contribution in [0.25, 0.3) is 0 Å². The Balaban J connectivity index is 1.91. The van der Waals surface area contributed by atoms with E-state index in [4.69, 9.17) is 0 Å². The average Bonchev–Trinajstić information content (AvgIpc) is 2.91. The lowest BCUT2D eigenvalue weighted by molar-refractivity contribution is 0.129. The van der Waals surface area contributed by atoms with Crippen molar-refractivity contribution in [3.63, 3.8) is 0 Å². The van der Waals surface area contributed by atoms with Gasteiger partial charge in [-0.15, -0.1) is 0 Å². The van der Waals surface area contributed by atoms with E-state index < -0.39 is 6.10 Å². The molecule has 0 saturated heterocycles. The summed E-state index contributed by atoms with van der Waals surface area (Å²) in [5.74, 6) is 0.675. The first-order valence-corrected chi connectivity index (χ1v) is 8.09. The molecule has 0 spiro atoms. The van der Waals surface area contributed by atoms with Crippen molar-refractivity contribution in [2.24, 2.45) is 5.92 Å². The fraction of sp³-hybridized carbons (Fsp3) is 0.667. The molecule has 1 aromatic carbocycles. The monoisotopic (exact) mass is 275 g/mol. The molecule has 1 fully saturated rings. The number of hydrogen-bond donors (Lipinski definition) is 2. The molecule has 0 amide bonds. The summed E-state index contributed by atoms with van der Waals surface area (Å²) >= 11 is 0. The van der Waals surface area contributed by atoms with Crippen LogP contribution in [0.2, 0.25) is 0 Å². The summed E-state index contributed by atoms with van der Waals surface area (Å²) in [5, 5.41) is 14.0. The van der Waals surface area contributed by atoms with Gasteiger partial charge in [-0.25, -0.2) is 0 Å². The average molecular weight is 275 g/mol. The first-order chi connectivity index (χ1) is 9.56. The van der Waals surface area contributed by atoms with Gasteiger partial charge in [0.25, 0.3) is 0 Å². The van der Waals surface area contributed by atoms with Gasteiger partial charge in [0.2, 0.25) is 0 Å². The van der Waals surface area contributed by atoms with Crippen LogP contribution in [0.5, 0.6) is 0 Å². The number of nitrogens with one attached hydrogen (secondary N) is 1. The Labute approximate surface area is 123 Å². The number of hydrogen-bond acceptors (Lipinski definition) is 2. The predicted octanol–water partition coefficient (Wildman–Crippen LogP) is 3.84. The van der Waals surface area contributed by atoms with Gasteiger partial charge in [0.05, 0.1) is 6.10 Å². The molecule has 2 heteroatoms. The highest BCUT2D eigenvalue weighted by atomic mass is 16.3. The number of rotatable bonds is 6. The maximum atomic E-state index is 10.5. The van der Waals surface area contributed by atoms with E-state index in [1.807, 2.05) is 0 Å². The molecule has 0 radical (unpaired) electrons. The lowest BCUT2D eigenvalue weighted by Crippen LogP contribution is -2.38. The third-order valence-corrected chi connectivity index (χ3v) is 4.29. The Morgan fingerprint density at radius 1 is 1.10 bits per heavy atom. The van der Waals surface area contributed by atoms with Crippen LogP contribution in [-0.4, -0.2) is 17.2 Å². The van der Waals surface area contributed by atoms with Crippen molar-refractivity contribution in [1.82, 2.24) is 5.32 Å². The van der Waals surface area contributed by atoms with E-state index in [9.17, 15) is 5.11 Å². The van der Waals surface area contributed by atoms with Crippen LogP contribution in [0.4, 0.5) is 0 Å². The van der Waals surface area contributed by atoms with Crippen molar-refractivity contribution in [1.29, 1.82) is 0 Å². The third-order valence-electron chi connectivity index (χ3n) is 4.29. The topological polar surface area (TPSA) is 32.3 Å². The van der Waals surface area contributed by atoms with Crippen molar-refractivity contribution in [2.75, 3.05) is 0 Å². The normalized spacial score (nSPS) is 19.4. The molecule has 0 aromatic heterocycles. The Bertz CT molecular complexity index is 392. The third kappa shape index (κ3) is 4.32. The van der Waals surface area contributed by atoms with E-state index in [1.54, 1.807) is 0 Å². The highest BCUT2D eigenvalue weighted by Crippen LogP contribution is 2.23. The van der Waals surface area contributed by atoms with Crippen molar-refractivity contribution in [3.8, 4) is 0 Å². The molecule has 0 aliphatic heterocycles. The number of benzene rings is 1. The zero-order valence-corrected chi connectivity index (χ0v) is 13.1. The van der Waals surface area contributed by atoms with Crippen LogP contribution in [-0.2, 0) is 6.42 Å². The van der Waals surface area contributed by atoms with Crippen LogP contribution in [0, 0.1) is 5.92 Å². The lowest BCUT2D eigenvalue weighted by Gasteiger charge is -2.24. The second-order valence-corrected chi connectivity index (χ2v) is 6.72. The molecule has 2 nitrogen and oxygen atoms in total. The standard InChI is InChI=1S/C18H29NO/c1-13(2)12-15-8-10-16(11-9-15)18(20)14(3)19-17-6-4-5-7-17/h8-11,13-14,17-20H,4-7,12H2,1-3H3. The Morgan fingerprint density at radius 3 is 2.25 bits per heavy atom. The fourth-order valence-electron chi connectivity index (χ4n) is 3.17. The molecular formula is C18H29NO. The van der Waals surface area contributed by atoms with Gasteiger partial charge in [-0.3, -0.25) is 0 Å². The highest BCUT2D eigenvalue weighted by molar-refractivity contribution is 5.25. The summed E-state index contributed by atoms with van der Waals surface area (Å²) in [6.07, 6.45) is 5.85. The minimum Gasteiger partial charge on any atom is -0.387 e. The van der Waals surface area contributed by atoms with Gasteiger partial charge < -0.3 is 10.4 Å². The largest absolute Gasteiger partial charge is 0.387 e. The Hall–Kier alpha value is -0.860. The summed E-state index contributed by atoms with van der Waals surface area (Å²) < 4.78 is 0. The second-order valence-electron chi connectivity index (χ2n) is 6.72. The molecule has 0 heterocycles. The molecule has 2 unspecified atom stereocenters. The van der Waals surface area contributed by atoms with E-state index in [1.165, 1.54) is 31.2 Å². The Kier molecular flexibility index (Phi) is 5.62. The molecule has 2 atom stereocenters. The van der Waals surface area contributed by atoms with E-state index >= 15 is 0 Å². The highest BCUT2D eigenvalue weighted by Gasteiger charge is 2.22. The number of aliphatic hydroxyl groups excluding tert-OH is 1. The second kappa shape index (κ2) is 7.24. The fourth-order valence-corrected chi connectivity index (χ4v) is 3.17. The SMILES string of the molecule is CC(C)Cc1ccc(C(O)C(C)NC2CCCC2)cc1. The molecule has 1 aliphatic carbocycles. The molecule has 2 rings (SSSR count). The zero-order valence-electron chi connectivity index (χ0n) is 13.1. The molecule has 1 aromatic rings. The van der Waals surface area contributed by atoms with Crippen LogP contribution < -0.4 is 5.32 Å². The summed E-state index contributed by atoms with van der Waals surface area (Å²) in [6, 6.07) is 9.18. The van der Waals surface area contributed by atoms with Crippen molar-refractivity contribution in [2.45, 2.75) is 71.1 Å². The first kappa shape index (κ1) is 15.5. The van der Waals surface area contributed by atoms with E-state index in [-0.39, 0.29) is 6.04 Å². The quantitative estimate of drug-likeness (QED) is 0.827. The van der Waals surface area contributed by atoms with Crippen LogP contribution >= 0.6 is 0 Å². The van der Waals surface area contributed by atoms with Gasteiger partial charge >= 0.3 is 0 Å². The minimum atomic E-state index is -0.413. The van der Waals surface area contributed by atoms with Gasteiger partial charge in [0.15, 0.2) is 0 Å². The zero-order chi connectivity index (χ0) is 14.5. The summed E-state index contributed by atoms with van der Waals surface area (Å²) in [5.41, 5.74) is 2.38. The van der Waals surface area contributed by atoms with Crippen molar-refractivity contribution in [3.05, 3.63) is 35.4 Å². The van der Waals surface area contributed by atoms with Gasteiger partial charge in [0, 0.05) is 12.1 Å². The van der Waals surface area contributed by atoms with Gasteiger partial charge in [-0.05, 0) is 43.2 Å². The van der Waals surface area contributed by atoms with Crippen LogP contribution in [0.3, 0.4) is 0 Å². The van der Waals surface area contributed by atoms with Gasteiger partial charge in [-0.2, -0.15) is 0 Å². The smallest absolute Gasteiger partial charge is 0.0940 e. The molecule has 0 bridgehead atoms. The van der Waals surface area contributed by atoms with Gasteiger partial charge in [0.1, 0.15) is 0 Å². The minimum absolute atomic E-state index is 0.119. The van der Waals surface area contributed by atoms with E-state index in [2.05, 4.69) is 50.4 Å².